The third-order valence-electron chi connectivity index (χ3n) is 5.00. The second kappa shape index (κ2) is 5.08. The van der Waals surface area contributed by atoms with E-state index in [1.165, 1.54) is 38.5 Å². The summed E-state index contributed by atoms with van der Waals surface area (Å²) in [6.07, 6.45) is 7.47. The number of hydrogen-bond donors (Lipinski definition) is 3. The topological polar surface area (TPSA) is 55.7 Å². The van der Waals surface area contributed by atoms with Crippen LogP contribution in [0, 0.1) is 5.41 Å². The van der Waals surface area contributed by atoms with Gasteiger partial charge in [0.2, 0.25) is 0 Å². The van der Waals surface area contributed by atoms with Crippen LogP contribution in [0.4, 0.5) is 0 Å². The molecule has 0 bridgehead atoms. The zero-order valence-electron chi connectivity index (χ0n) is 11.1. The van der Waals surface area contributed by atoms with Gasteiger partial charge in [-0.05, 0) is 57.0 Å². The number of rotatable bonds is 5. The molecule has 1 aliphatic heterocycles. The predicted octanol–water partition coefficient (Wildman–Crippen LogP) is 0.336. The van der Waals surface area contributed by atoms with Crippen molar-refractivity contribution < 1.29 is 10.2 Å². The zero-order valence-corrected chi connectivity index (χ0v) is 11.1. The lowest BCUT2D eigenvalue weighted by Crippen LogP contribution is -2.54. The third-order valence-corrected chi connectivity index (χ3v) is 5.00. The van der Waals surface area contributed by atoms with E-state index in [1.807, 2.05) is 0 Å². The van der Waals surface area contributed by atoms with Crippen molar-refractivity contribution in [3.63, 3.8) is 0 Å². The van der Waals surface area contributed by atoms with E-state index in [2.05, 4.69) is 10.2 Å². The lowest BCUT2D eigenvalue weighted by Gasteiger charge is -2.52. The van der Waals surface area contributed by atoms with E-state index in [1.54, 1.807) is 0 Å². The van der Waals surface area contributed by atoms with Crippen molar-refractivity contribution in [1.29, 1.82) is 0 Å². The Hall–Kier alpha value is -0.160. The van der Waals surface area contributed by atoms with Crippen molar-refractivity contribution in [3.05, 3.63) is 0 Å². The number of nitrogens with zero attached hydrogens (tertiary/aromatic N) is 1. The van der Waals surface area contributed by atoms with Gasteiger partial charge in [-0.3, -0.25) is 0 Å². The summed E-state index contributed by atoms with van der Waals surface area (Å²) in [5.41, 5.74) is 0.604. The minimum Gasteiger partial charge on any atom is -0.394 e. The monoisotopic (exact) mass is 254 g/mol. The van der Waals surface area contributed by atoms with E-state index in [-0.39, 0.29) is 6.61 Å². The van der Waals surface area contributed by atoms with Gasteiger partial charge in [0.15, 0.2) is 0 Å². The molecule has 4 nitrogen and oxygen atoms in total. The summed E-state index contributed by atoms with van der Waals surface area (Å²) in [5, 5.41) is 22.1. The van der Waals surface area contributed by atoms with E-state index in [4.69, 9.17) is 5.11 Å². The van der Waals surface area contributed by atoms with Crippen LogP contribution in [0.25, 0.3) is 0 Å². The van der Waals surface area contributed by atoms with Crippen molar-refractivity contribution in [2.75, 3.05) is 26.2 Å². The molecule has 0 aromatic rings. The molecule has 1 unspecified atom stereocenters. The molecule has 1 saturated heterocycles. The van der Waals surface area contributed by atoms with Gasteiger partial charge in [0.25, 0.3) is 0 Å². The molecule has 0 aromatic carbocycles. The fourth-order valence-corrected chi connectivity index (χ4v) is 3.66. The first-order valence-electron chi connectivity index (χ1n) is 7.46. The fraction of sp³-hybridized carbons (Fsp3) is 1.00. The molecule has 2 saturated carbocycles. The maximum Gasteiger partial charge on any atom is 0.0897 e. The summed E-state index contributed by atoms with van der Waals surface area (Å²) in [6.45, 7) is 2.70. The lowest BCUT2D eigenvalue weighted by molar-refractivity contribution is -0.0143. The van der Waals surface area contributed by atoms with Gasteiger partial charge >= 0.3 is 0 Å². The summed E-state index contributed by atoms with van der Waals surface area (Å²) in [4.78, 5) is 2.30. The molecular formula is C14H26N2O2. The molecule has 1 spiro atoms. The van der Waals surface area contributed by atoms with E-state index in [9.17, 15) is 5.11 Å². The molecule has 3 N–H and O–H groups in total. The Morgan fingerprint density at radius 3 is 2.39 bits per heavy atom. The first kappa shape index (κ1) is 12.9. The highest BCUT2D eigenvalue weighted by Gasteiger charge is 2.46. The van der Waals surface area contributed by atoms with E-state index in [0.717, 1.165) is 25.2 Å². The van der Waals surface area contributed by atoms with Crippen LogP contribution in [-0.2, 0) is 0 Å². The minimum absolute atomic E-state index is 0.116. The Morgan fingerprint density at radius 2 is 1.83 bits per heavy atom. The first-order chi connectivity index (χ1) is 8.69. The number of aliphatic hydroxyl groups excluding tert-OH is 2. The van der Waals surface area contributed by atoms with Crippen LogP contribution in [-0.4, -0.2) is 59.5 Å². The molecule has 0 aromatic heterocycles. The third kappa shape index (κ3) is 2.87. The van der Waals surface area contributed by atoms with Gasteiger partial charge in [0, 0.05) is 18.6 Å². The van der Waals surface area contributed by atoms with Gasteiger partial charge in [-0.1, -0.05) is 0 Å². The highest BCUT2D eigenvalue weighted by molar-refractivity contribution is 5.02. The molecule has 18 heavy (non-hydrogen) atoms. The zero-order chi connectivity index (χ0) is 12.6. The Bertz CT molecular complexity index is 278. The summed E-state index contributed by atoms with van der Waals surface area (Å²) in [7, 11) is 0. The van der Waals surface area contributed by atoms with Gasteiger partial charge < -0.3 is 20.4 Å². The van der Waals surface area contributed by atoms with Gasteiger partial charge in [0.05, 0.1) is 12.7 Å². The van der Waals surface area contributed by atoms with Crippen molar-refractivity contribution in [1.82, 2.24) is 10.2 Å². The maximum atomic E-state index is 9.46. The summed E-state index contributed by atoms with van der Waals surface area (Å²) in [6, 6.07) is 1.62. The Kier molecular flexibility index (Phi) is 3.63. The fourth-order valence-electron chi connectivity index (χ4n) is 3.66. The average molecular weight is 254 g/mol. The van der Waals surface area contributed by atoms with Crippen molar-refractivity contribution in [2.24, 2.45) is 5.41 Å². The summed E-state index contributed by atoms with van der Waals surface area (Å²) in [5.74, 6) is 0. The first-order valence-corrected chi connectivity index (χ1v) is 7.46. The smallest absolute Gasteiger partial charge is 0.0897 e. The van der Waals surface area contributed by atoms with Crippen LogP contribution >= 0.6 is 0 Å². The lowest BCUT2D eigenvalue weighted by atomic mass is 9.60. The SMILES string of the molecule is OCC(O)CN1CCC2(CC1)CC(NC1CC1)C2. The molecule has 104 valence electrons. The summed E-state index contributed by atoms with van der Waals surface area (Å²) >= 11 is 0. The number of hydrogen-bond acceptors (Lipinski definition) is 4. The van der Waals surface area contributed by atoms with Gasteiger partial charge in [0.1, 0.15) is 0 Å². The molecule has 3 rings (SSSR count). The number of nitrogens with one attached hydrogen (secondary N) is 1. The summed E-state index contributed by atoms with van der Waals surface area (Å²) < 4.78 is 0. The minimum atomic E-state index is -0.565. The van der Waals surface area contributed by atoms with Crippen LogP contribution in [0.1, 0.15) is 38.5 Å². The van der Waals surface area contributed by atoms with E-state index >= 15 is 0 Å². The van der Waals surface area contributed by atoms with Gasteiger partial charge in [-0.15, -0.1) is 0 Å². The quantitative estimate of drug-likeness (QED) is 0.662. The molecule has 4 heteroatoms. The highest BCUT2D eigenvalue weighted by atomic mass is 16.3. The van der Waals surface area contributed by atoms with E-state index in [0.29, 0.717) is 12.0 Å². The number of β-amino-alcohol motifs (C(OH)–C–C–N with tert-alkyl or cyclic N) is 1. The maximum absolute atomic E-state index is 9.46. The molecule has 0 amide bonds. The molecule has 0 radical (unpaired) electrons. The van der Waals surface area contributed by atoms with Crippen molar-refractivity contribution in [2.45, 2.75) is 56.7 Å². The van der Waals surface area contributed by atoms with Crippen molar-refractivity contribution in [3.8, 4) is 0 Å². The van der Waals surface area contributed by atoms with Gasteiger partial charge in [-0.25, -0.2) is 0 Å². The van der Waals surface area contributed by atoms with Gasteiger partial charge in [-0.2, -0.15) is 0 Å². The standard InChI is InChI=1S/C14H26N2O2/c17-10-13(18)9-16-5-3-14(4-6-16)7-12(8-14)15-11-1-2-11/h11-13,15,17-18H,1-10H2. The molecular weight excluding hydrogens is 228 g/mol. The highest BCUT2D eigenvalue weighted by Crippen LogP contribution is 2.49. The number of aliphatic hydroxyl groups is 2. The van der Waals surface area contributed by atoms with Crippen LogP contribution < -0.4 is 5.32 Å². The van der Waals surface area contributed by atoms with Crippen LogP contribution in [0.5, 0.6) is 0 Å². The van der Waals surface area contributed by atoms with E-state index < -0.39 is 6.10 Å². The average Bonchev–Trinajstić information content (AvgIpc) is 3.13. The normalized spacial score (nSPS) is 30.3. The van der Waals surface area contributed by atoms with Crippen LogP contribution in [0.15, 0.2) is 0 Å². The predicted molar refractivity (Wildman–Crippen MR) is 70.4 cm³/mol. The molecule has 2 aliphatic carbocycles. The van der Waals surface area contributed by atoms with Crippen molar-refractivity contribution >= 4 is 0 Å². The molecule has 3 aliphatic rings. The Balaban J connectivity index is 1.38. The second-order valence-electron chi connectivity index (χ2n) is 6.68. The Morgan fingerprint density at radius 1 is 1.17 bits per heavy atom. The van der Waals surface area contributed by atoms with Crippen LogP contribution in [0.2, 0.25) is 0 Å². The molecule has 3 fully saturated rings. The second-order valence-corrected chi connectivity index (χ2v) is 6.68. The Labute approximate surface area is 109 Å². The number of piperidine rings is 1. The number of likely N-dealkylation sites (tertiary alicyclic amines) is 1. The largest absolute Gasteiger partial charge is 0.394 e. The molecule has 1 atom stereocenters. The van der Waals surface area contributed by atoms with Crippen LogP contribution in [0.3, 0.4) is 0 Å². The molecule has 1 heterocycles.